The topological polar surface area (TPSA) is 68.5 Å². The number of carbonyl (C=O) groups excluding carboxylic acids is 1. The lowest BCUT2D eigenvalue weighted by atomic mass is 10.0. The molecule has 5 nitrogen and oxygen atoms in total. The number of hydrogen-bond acceptors (Lipinski definition) is 4. The van der Waals surface area contributed by atoms with Gasteiger partial charge in [0.1, 0.15) is 17.2 Å². The molecule has 0 radical (unpaired) electrons. The van der Waals surface area contributed by atoms with Gasteiger partial charge in [0.05, 0.1) is 11.3 Å². The van der Waals surface area contributed by atoms with E-state index in [4.69, 9.17) is 10.5 Å². The molecule has 160 valence electrons. The second-order valence-electron chi connectivity index (χ2n) is 7.35. The first-order valence-corrected chi connectivity index (χ1v) is 9.77. The van der Waals surface area contributed by atoms with Crippen LogP contribution in [0.15, 0.2) is 60.7 Å². The number of pyridine rings is 1. The van der Waals surface area contributed by atoms with Crippen molar-refractivity contribution in [3.63, 3.8) is 0 Å². The molecule has 1 saturated heterocycles. The van der Waals surface area contributed by atoms with Crippen molar-refractivity contribution in [1.82, 2.24) is 9.88 Å². The summed E-state index contributed by atoms with van der Waals surface area (Å²) in [5.74, 6) is 0.202. The molecule has 0 unspecified atom stereocenters. The molecule has 1 aliphatic heterocycles. The van der Waals surface area contributed by atoms with Crippen molar-refractivity contribution in [2.75, 3.05) is 13.1 Å². The third-order valence-electron chi connectivity index (χ3n) is 5.11. The van der Waals surface area contributed by atoms with Crippen molar-refractivity contribution in [2.24, 2.45) is 5.73 Å². The minimum absolute atomic E-state index is 0.164. The molecular formula is C23H20F3N3O2. The van der Waals surface area contributed by atoms with Crippen molar-refractivity contribution in [2.45, 2.75) is 19.1 Å². The van der Waals surface area contributed by atoms with E-state index in [1.54, 1.807) is 36.4 Å². The number of primary amides is 1. The van der Waals surface area contributed by atoms with Crippen LogP contribution in [-0.2, 0) is 12.7 Å². The number of likely N-dealkylation sites (tertiary alicyclic amines) is 1. The summed E-state index contributed by atoms with van der Waals surface area (Å²) in [6.45, 7) is 1.84. The van der Waals surface area contributed by atoms with Gasteiger partial charge in [0.25, 0.3) is 5.91 Å². The van der Waals surface area contributed by atoms with E-state index in [9.17, 15) is 18.0 Å². The van der Waals surface area contributed by atoms with Crippen LogP contribution < -0.4 is 10.5 Å². The molecule has 2 heterocycles. The number of benzene rings is 2. The highest BCUT2D eigenvalue weighted by Gasteiger charge is 2.34. The summed E-state index contributed by atoms with van der Waals surface area (Å²) in [6, 6.07) is 15.7. The Morgan fingerprint density at radius 2 is 1.74 bits per heavy atom. The van der Waals surface area contributed by atoms with Gasteiger partial charge in [0, 0.05) is 12.1 Å². The quantitative estimate of drug-likeness (QED) is 0.610. The molecule has 0 saturated carbocycles. The highest BCUT2D eigenvalue weighted by Crippen LogP contribution is 2.36. The number of rotatable bonds is 6. The molecule has 0 bridgehead atoms. The zero-order valence-corrected chi connectivity index (χ0v) is 16.5. The summed E-state index contributed by atoms with van der Waals surface area (Å²) in [6.07, 6.45) is -3.41. The lowest BCUT2D eigenvalue weighted by molar-refractivity contribution is -0.138. The number of alkyl halides is 3. The van der Waals surface area contributed by atoms with Crippen molar-refractivity contribution in [3.8, 4) is 22.8 Å². The molecule has 2 N–H and O–H groups in total. The van der Waals surface area contributed by atoms with E-state index < -0.39 is 17.6 Å². The van der Waals surface area contributed by atoms with E-state index in [0.29, 0.717) is 17.2 Å². The third kappa shape index (κ3) is 4.86. The summed E-state index contributed by atoms with van der Waals surface area (Å²) in [5.41, 5.74) is 6.33. The van der Waals surface area contributed by atoms with Crippen LogP contribution in [0.3, 0.4) is 0 Å². The summed E-state index contributed by atoms with van der Waals surface area (Å²) in [5, 5.41) is 0. The number of ether oxygens (including phenoxy) is 1. The molecule has 1 aromatic heterocycles. The molecule has 31 heavy (non-hydrogen) atoms. The summed E-state index contributed by atoms with van der Waals surface area (Å²) in [7, 11) is 0. The monoisotopic (exact) mass is 427 g/mol. The van der Waals surface area contributed by atoms with Gasteiger partial charge >= 0.3 is 6.18 Å². The van der Waals surface area contributed by atoms with E-state index in [1.807, 2.05) is 4.90 Å². The van der Waals surface area contributed by atoms with Crippen LogP contribution in [0.25, 0.3) is 11.3 Å². The van der Waals surface area contributed by atoms with E-state index in [0.717, 1.165) is 31.1 Å². The number of amides is 1. The Labute approximate surface area is 177 Å². The summed E-state index contributed by atoms with van der Waals surface area (Å²) in [4.78, 5) is 17.5. The van der Waals surface area contributed by atoms with Gasteiger partial charge in [-0.05, 0) is 79.7 Å². The van der Waals surface area contributed by atoms with Gasteiger partial charge < -0.3 is 10.5 Å². The van der Waals surface area contributed by atoms with E-state index >= 15 is 0 Å². The number of nitrogens with zero attached hydrogens (tertiary/aromatic N) is 2. The Hall–Kier alpha value is -3.39. The highest BCUT2D eigenvalue weighted by atomic mass is 19.4. The molecule has 0 spiro atoms. The fourth-order valence-corrected chi connectivity index (χ4v) is 3.38. The number of hydrogen-bond donors (Lipinski definition) is 1. The van der Waals surface area contributed by atoms with Crippen LogP contribution in [-0.4, -0.2) is 28.9 Å². The van der Waals surface area contributed by atoms with Crippen LogP contribution in [0.5, 0.6) is 11.5 Å². The Morgan fingerprint density at radius 1 is 1.03 bits per heavy atom. The SMILES string of the molecule is NC(=O)c1cccc(-c2ccc(Oc3ccc(C(F)(F)F)c(CN4CCC4)c3)cc2)n1. The van der Waals surface area contributed by atoms with Gasteiger partial charge in [-0.25, -0.2) is 4.98 Å². The molecule has 3 aromatic rings. The molecule has 8 heteroatoms. The standard InChI is InChI=1S/C23H20F3N3O2/c24-23(25,26)19-10-9-18(13-16(19)14-29-11-2-12-29)31-17-7-5-15(6-8-17)20-3-1-4-21(28-20)22(27)30/h1,3-10,13H,2,11-12,14H2,(H2,27,30). The van der Waals surface area contributed by atoms with Gasteiger partial charge in [-0.3, -0.25) is 9.69 Å². The van der Waals surface area contributed by atoms with E-state index in [-0.39, 0.29) is 17.8 Å². The first-order chi connectivity index (χ1) is 14.8. The molecule has 0 atom stereocenters. The average Bonchev–Trinajstić information content (AvgIpc) is 2.71. The number of nitrogens with two attached hydrogens (primary N) is 1. The minimum atomic E-state index is -4.41. The normalized spacial score (nSPS) is 14.2. The molecule has 1 aliphatic rings. The van der Waals surface area contributed by atoms with Crippen LogP contribution in [0.1, 0.15) is 28.0 Å². The van der Waals surface area contributed by atoms with Crippen molar-refractivity contribution < 1.29 is 22.7 Å². The maximum absolute atomic E-state index is 13.4. The van der Waals surface area contributed by atoms with Crippen molar-refractivity contribution in [1.29, 1.82) is 0 Å². The molecule has 2 aromatic carbocycles. The third-order valence-corrected chi connectivity index (χ3v) is 5.11. The Morgan fingerprint density at radius 3 is 2.35 bits per heavy atom. The largest absolute Gasteiger partial charge is 0.457 e. The zero-order chi connectivity index (χ0) is 22.0. The van der Waals surface area contributed by atoms with Gasteiger partial charge in [0.2, 0.25) is 0 Å². The maximum atomic E-state index is 13.4. The van der Waals surface area contributed by atoms with Crippen LogP contribution in [0.4, 0.5) is 13.2 Å². The molecule has 4 rings (SSSR count). The predicted molar refractivity (Wildman–Crippen MR) is 110 cm³/mol. The lowest BCUT2D eigenvalue weighted by Crippen LogP contribution is -2.36. The van der Waals surface area contributed by atoms with Gasteiger partial charge in [-0.1, -0.05) is 6.07 Å². The Kier molecular flexibility index (Phi) is 5.65. The van der Waals surface area contributed by atoms with E-state index in [2.05, 4.69) is 4.98 Å². The number of carbonyl (C=O) groups is 1. The summed E-state index contributed by atoms with van der Waals surface area (Å²) < 4.78 is 45.9. The number of aromatic nitrogens is 1. The van der Waals surface area contributed by atoms with Gasteiger partial charge in [-0.2, -0.15) is 13.2 Å². The fraction of sp³-hybridized carbons (Fsp3) is 0.217. The molecule has 1 amide bonds. The molecule has 1 fully saturated rings. The number of halogens is 3. The fourth-order valence-electron chi connectivity index (χ4n) is 3.38. The van der Waals surface area contributed by atoms with Gasteiger partial charge in [0.15, 0.2) is 0 Å². The smallest absolute Gasteiger partial charge is 0.416 e. The predicted octanol–water partition coefficient (Wildman–Crippen LogP) is 4.86. The Bertz CT molecular complexity index is 1090. The van der Waals surface area contributed by atoms with E-state index in [1.165, 1.54) is 18.2 Å². The maximum Gasteiger partial charge on any atom is 0.416 e. The average molecular weight is 427 g/mol. The van der Waals surface area contributed by atoms with Crippen molar-refractivity contribution in [3.05, 3.63) is 77.5 Å². The Balaban J connectivity index is 1.54. The molecule has 0 aliphatic carbocycles. The zero-order valence-electron chi connectivity index (χ0n) is 16.5. The second-order valence-corrected chi connectivity index (χ2v) is 7.35. The lowest BCUT2D eigenvalue weighted by Gasteiger charge is -2.31. The van der Waals surface area contributed by atoms with Crippen LogP contribution in [0, 0.1) is 0 Å². The van der Waals surface area contributed by atoms with Crippen LogP contribution in [0.2, 0.25) is 0 Å². The van der Waals surface area contributed by atoms with Crippen molar-refractivity contribution >= 4 is 5.91 Å². The van der Waals surface area contributed by atoms with Crippen LogP contribution >= 0.6 is 0 Å². The molecular weight excluding hydrogens is 407 g/mol. The first-order valence-electron chi connectivity index (χ1n) is 9.77. The minimum Gasteiger partial charge on any atom is -0.457 e. The van der Waals surface area contributed by atoms with Gasteiger partial charge in [-0.15, -0.1) is 0 Å². The second kappa shape index (κ2) is 8.39. The first kappa shape index (κ1) is 20.9. The summed E-state index contributed by atoms with van der Waals surface area (Å²) >= 11 is 0. The highest BCUT2D eigenvalue weighted by molar-refractivity contribution is 5.91.